The molecule has 0 aliphatic rings. The van der Waals surface area contributed by atoms with Crippen LogP contribution in [0.2, 0.25) is 0 Å². The SMILES string of the molecule is N#Cc1cccc(-c2nc(N)c3cc(Nc4ccccc4)nn3c2-c2ccncc2)c1. The van der Waals surface area contributed by atoms with Crippen molar-refractivity contribution < 1.29 is 0 Å². The van der Waals surface area contributed by atoms with E-state index in [-0.39, 0.29) is 0 Å². The van der Waals surface area contributed by atoms with Crippen molar-refractivity contribution in [2.75, 3.05) is 11.1 Å². The maximum Gasteiger partial charge on any atom is 0.153 e. The number of para-hydroxylation sites is 1. The smallest absolute Gasteiger partial charge is 0.153 e. The first-order chi connectivity index (χ1) is 15.2. The van der Waals surface area contributed by atoms with Crippen molar-refractivity contribution in [1.82, 2.24) is 19.6 Å². The van der Waals surface area contributed by atoms with E-state index in [2.05, 4.69) is 16.4 Å². The number of nitriles is 1. The van der Waals surface area contributed by atoms with Gasteiger partial charge in [-0.2, -0.15) is 5.26 Å². The standard InChI is InChI=1S/C24H17N7/c25-15-16-5-4-6-18(13-16)22-23(17-9-11-27-12-10-17)31-20(24(26)29-22)14-21(30-31)28-19-7-2-1-3-8-19/h1-14H,(H2,26,29)(H,28,30). The molecular formula is C24H17N7. The first-order valence-corrected chi connectivity index (χ1v) is 9.65. The molecule has 0 fully saturated rings. The highest BCUT2D eigenvalue weighted by molar-refractivity contribution is 5.85. The lowest BCUT2D eigenvalue weighted by atomic mass is 10.0. The van der Waals surface area contributed by atoms with Gasteiger partial charge in [-0.15, -0.1) is 5.10 Å². The molecule has 0 aliphatic carbocycles. The van der Waals surface area contributed by atoms with Gasteiger partial charge in [0.25, 0.3) is 0 Å². The number of aromatic nitrogens is 4. The van der Waals surface area contributed by atoms with Gasteiger partial charge in [0.05, 0.1) is 23.0 Å². The molecule has 5 aromatic rings. The molecule has 3 N–H and O–H groups in total. The van der Waals surface area contributed by atoms with Crippen LogP contribution in [0.15, 0.2) is 85.2 Å². The molecule has 0 amide bonds. The van der Waals surface area contributed by atoms with Gasteiger partial charge < -0.3 is 11.1 Å². The summed E-state index contributed by atoms with van der Waals surface area (Å²) in [6.45, 7) is 0. The van der Waals surface area contributed by atoms with Gasteiger partial charge in [-0.25, -0.2) is 9.50 Å². The fraction of sp³-hybridized carbons (Fsp3) is 0. The van der Waals surface area contributed by atoms with Crippen molar-refractivity contribution >= 4 is 22.8 Å². The van der Waals surface area contributed by atoms with Crippen LogP contribution >= 0.6 is 0 Å². The number of nitrogen functional groups attached to an aromatic ring is 1. The monoisotopic (exact) mass is 403 g/mol. The molecule has 0 saturated carbocycles. The van der Waals surface area contributed by atoms with Gasteiger partial charge in [0.15, 0.2) is 5.82 Å². The number of nitrogens with one attached hydrogen (secondary N) is 1. The Morgan fingerprint density at radius 3 is 2.48 bits per heavy atom. The average molecular weight is 403 g/mol. The summed E-state index contributed by atoms with van der Waals surface area (Å²) in [7, 11) is 0. The molecule has 3 aromatic heterocycles. The Morgan fingerprint density at radius 2 is 1.71 bits per heavy atom. The Hall–Kier alpha value is -4.70. The summed E-state index contributed by atoms with van der Waals surface area (Å²) in [5.74, 6) is 1.00. The van der Waals surface area contributed by atoms with Crippen LogP contribution in [0.3, 0.4) is 0 Å². The molecule has 2 aromatic carbocycles. The zero-order valence-corrected chi connectivity index (χ0v) is 16.4. The van der Waals surface area contributed by atoms with E-state index in [4.69, 9.17) is 15.8 Å². The lowest BCUT2D eigenvalue weighted by molar-refractivity contribution is 0.963. The van der Waals surface area contributed by atoms with Crippen molar-refractivity contribution in [2.24, 2.45) is 0 Å². The molecule has 7 nitrogen and oxygen atoms in total. The number of benzene rings is 2. The van der Waals surface area contributed by atoms with E-state index in [1.54, 1.807) is 29.0 Å². The van der Waals surface area contributed by atoms with Crippen molar-refractivity contribution in [2.45, 2.75) is 0 Å². The number of hydrogen-bond donors (Lipinski definition) is 2. The second kappa shape index (κ2) is 7.61. The maximum atomic E-state index is 9.34. The molecule has 0 saturated heterocycles. The molecule has 148 valence electrons. The minimum Gasteiger partial charge on any atom is -0.382 e. The third-order valence-electron chi connectivity index (χ3n) is 4.91. The third kappa shape index (κ3) is 3.43. The largest absolute Gasteiger partial charge is 0.382 e. The molecule has 0 radical (unpaired) electrons. The summed E-state index contributed by atoms with van der Waals surface area (Å²) in [4.78, 5) is 8.83. The Bertz CT molecular complexity index is 1420. The van der Waals surface area contributed by atoms with Crippen LogP contribution in [-0.2, 0) is 0 Å². The fourth-order valence-corrected chi connectivity index (χ4v) is 3.50. The van der Waals surface area contributed by atoms with Gasteiger partial charge in [0.1, 0.15) is 11.3 Å². The number of hydrogen-bond acceptors (Lipinski definition) is 6. The van der Waals surface area contributed by atoms with Crippen LogP contribution in [0.5, 0.6) is 0 Å². The van der Waals surface area contributed by atoms with Crippen molar-refractivity contribution in [3.8, 4) is 28.6 Å². The molecule has 0 spiro atoms. The molecule has 0 unspecified atom stereocenters. The minimum atomic E-state index is 0.351. The second-order valence-corrected chi connectivity index (χ2v) is 6.94. The van der Waals surface area contributed by atoms with Crippen LogP contribution in [0.4, 0.5) is 17.3 Å². The fourth-order valence-electron chi connectivity index (χ4n) is 3.50. The Labute approximate surface area is 178 Å². The number of anilines is 3. The highest BCUT2D eigenvalue weighted by Crippen LogP contribution is 2.34. The van der Waals surface area contributed by atoms with Gasteiger partial charge in [0, 0.05) is 35.3 Å². The summed E-state index contributed by atoms with van der Waals surface area (Å²) in [5.41, 5.74) is 11.6. The second-order valence-electron chi connectivity index (χ2n) is 6.94. The number of rotatable bonds is 4. The van der Waals surface area contributed by atoms with Gasteiger partial charge in [-0.3, -0.25) is 4.98 Å². The normalized spacial score (nSPS) is 10.7. The van der Waals surface area contributed by atoms with E-state index in [0.717, 1.165) is 22.5 Å². The van der Waals surface area contributed by atoms with Crippen LogP contribution in [0.1, 0.15) is 5.56 Å². The van der Waals surface area contributed by atoms with Crippen LogP contribution in [0.25, 0.3) is 28.0 Å². The van der Waals surface area contributed by atoms with Gasteiger partial charge in [-0.1, -0.05) is 30.3 Å². The Kier molecular flexibility index (Phi) is 4.50. The lowest BCUT2D eigenvalue weighted by Crippen LogP contribution is -2.05. The lowest BCUT2D eigenvalue weighted by Gasteiger charge is -2.13. The van der Waals surface area contributed by atoms with Crippen molar-refractivity contribution in [3.05, 3.63) is 90.8 Å². The predicted molar refractivity (Wildman–Crippen MR) is 121 cm³/mol. The summed E-state index contributed by atoms with van der Waals surface area (Å²) >= 11 is 0. The number of nitrogens with two attached hydrogens (primary N) is 1. The third-order valence-corrected chi connectivity index (χ3v) is 4.91. The molecule has 7 heteroatoms. The molecule has 0 aliphatic heterocycles. The summed E-state index contributed by atoms with van der Waals surface area (Å²) in [5, 5.41) is 17.4. The summed E-state index contributed by atoms with van der Waals surface area (Å²) < 4.78 is 1.79. The Morgan fingerprint density at radius 1 is 0.903 bits per heavy atom. The zero-order chi connectivity index (χ0) is 21.2. The van der Waals surface area contributed by atoms with Crippen LogP contribution in [-0.4, -0.2) is 19.6 Å². The maximum absolute atomic E-state index is 9.34. The van der Waals surface area contributed by atoms with E-state index in [9.17, 15) is 5.26 Å². The molecular weight excluding hydrogens is 386 g/mol. The first-order valence-electron chi connectivity index (χ1n) is 9.65. The van der Waals surface area contributed by atoms with Gasteiger partial charge in [-0.05, 0) is 36.4 Å². The van der Waals surface area contributed by atoms with Gasteiger partial charge >= 0.3 is 0 Å². The topological polar surface area (TPSA) is 105 Å². The zero-order valence-electron chi connectivity index (χ0n) is 16.4. The van der Waals surface area contributed by atoms with Crippen LogP contribution < -0.4 is 11.1 Å². The quantitative estimate of drug-likeness (QED) is 0.452. The predicted octanol–water partition coefficient (Wildman–Crippen LogP) is 4.66. The van der Waals surface area contributed by atoms with E-state index in [0.29, 0.717) is 28.4 Å². The summed E-state index contributed by atoms with van der Waals surface area (Å²) in [6.07, 6.45) is 3.44. The van der Waals surface area contributed by atoms with Gasteiger partial charge in [0.2, 0.25) is 0 Å². The number of pyridine rings is 1. The molecule has 0 bridgehead atoms. The number of fused-ring (bicyclic) bond motifs is 1. The highest BCUT2D eigenvalue weighted by atomic mass is 15.3. The van der Waals surface area contributed by atoms with E-state index >= 15 is 0 Å². The minimum absolute atomic E-state index is 0.351. The molecule has 31 heavy (non-hydrogen) atoms. The molecule has 5 rings (SSSR count). The van der Waals surface area contributed by atoms with E-state index in [1.807, 2.05) is 60.7 Å². The van der Waals surface area contributed by atoms with Crippen molar-refractivity contribution in [3.63, 3.8) is 0 Å². The first kappa shape index (κ1) is 18.3. The average Bonchev–Trinajstić information content (AvgIpc) is 3.24. The highest BCUT2D eigenvalue weighted by Gasteiger charge is 2.19. The van der Waals surface area contributed by atoms with Crippen LogP contribution in [0, 0.1) is 11.3 Å². The van der Waals surface area contributed by atoms with E-state index < -0.39 is 0 Å². The Balaban J connectivity index is 1.76. The van der Waals surface area contributed by atoms with E-state index in [1.165, 1.54) is 0 Å². The molecule has 3 heterocycles. The molecule has 0 atom stereocenters. The summed E-state index contributed by atoms with van der Waals surface area (Å²) in [6, 6.07) is 24.9. The number of nitrogens with zero attached hydrogens (tertiary/aromatic N) is 5. The van der Waals surface area contributed by atoms with Crippen molar-refractivity contribution in [1.29, 1.82) is 5.26 Å².